The Kier molecular flexibility index (Phi) is 4.48. The number of nitrogens with two attached hydrogens (primary N) is 1. The summed E-state index contributed by atoms with van der Waals surface area (Å²) in [6.45, 7) is 7.48. The highest BCUT2D eigenvalue weighted by atomic mass is 16.3. The zero-order valence-electron chi connectivity index (χ0n) is 12.1. The van der Waals surface area contributed by atoms with Crippen molar-refractivity contribution in [2.75, 3.05) is 19.6 Å². The second-order valence-corrected chi connectivity index (χ2v) is 6.22. The first-order valence-electron chi connectivity index (χ1n) is 7.26. The predicted molar refractivity (Wildman–Crippen MR) is 79.2 cm³/mol. The minimum absolute atomic E-state index is 0.00602. The molecule has 1 unspecified atom stereocenters. The highest BCUT2D eigenvalue weighted by Crippen LogP contribution is 2.27. The average Bonchev–Trinajstić information content (AvgIpc) is 2.39. The predicted octanol–water partition coefficient (Wildman–Crippen LogP) is 2.38. The number of aromatic hydroxyl groups is 1. The van der Waals surface area contributed by atoms with Gasteiger partial charge in [0, 0.05) is 12.1 Å². The monoisotopic (exact) mass is 262 g/mol. The lowest BCUT2D eigenvalue weighted by atomic mass is 9.87. The van der Waals surface area contributed by atoms with Crippen LogP contribution in [0.2, 0.25) is 0 Å². The molecule has 0 aliphatic carbocycles. The number of rotatable bonds is 4. The number of likely N-dealkylation sites (tertiary alicyclic amines) is 1. The zero-order valence-corrected chi connectivity index (χ0v) is 12.1. The van der Waals surface area contributed by atoms with Crippen LogP contribution in [0.15, 0.2) is 24.3 Å². The maximum atomic E-state index is 9.58. The van der Waals surface area contributed by atoms with E-state index in [9.17, 15) is 5.11 Å². The van der Waals surface area contributed by atoms with Gasteiger partial charge in [-0.1, -0.05) is 19.1 Å². The van der Waals surface area contributed by atoms with Gasteiger partial charge in [-0.05, 0) is 62.9 Å². The van der Waals surface area contributed by atoms with Crippen LogP contribution >= 0.6 is 0 Å². The molecule has 1 heterocycles. The van der Waals surface area contributed by atoms with Crippen molar-refractivity contribution >= 4 is 0 Å². The highest BCUT2D eigenvalue weighted by Gasteiger charge is 2.32. The Morgan fingerprint density at radius 1 is 1.37 bits per heavy atom. The molecule has 2 rings (SSSR count). The molecule has 0 saturated carbocycles. The molecule has 0 amide bonds. The molecule has 1 aromatic carbocycles. The molecule has 1 saturated heterocycles. The van der Waals surface area contributed by atoms with Gasteiger partial charge < -0.3 is 10.8 Å². The molecule has 106 valence electrons. The van der Waals surface area contributed by atoms with E-state index in [-0.39, 0.29) is 5.54 Å². The van der Waals surface area contributed by atoms with Crippen molar-refractivity contribution in [2.24, 2.45) is 11.7 Å². The molecule has 3 nitrogen and oxygen atoms in total. The van der Waals surface area contributed by atoms with Gasteiger partial charge in [0.2, 0.25) is 0 Å². The average molecular weight is 262 g/mol. The molecule has 19 heavy (non-hydrogen) atoms. The molecular formula is C16H26N2O. The second kappa shape index (κ2) is 5.93. The van der Waals surface area contributed by atoms with Crippen LogP contribution in [0.5, 0.6) is 5.75 Å². The Balaban J connectivity index is 2.09. The highest BCUT2D eigenvalue weighted by molar-refractivity contribution is 5.28. The number of phenols is 1. The fourth-order valence-electron chi connectivity index (χ4n) is 2.97. The third-order valence-electron chi connectivity index (χ3n) is 4.48. The molecule has 0 aromatic heterocycles. The van der Waals surface area contributed by atoms with Gasteiger partial charge in [-0.2, -0.15) is 0 Å². The number of nitrogens with zero attached hydrogens (tertiary/aromatic N) is 1. The summed E-state index contributed by atoms with van der Waals surface area (Å²) in [5, 5.41) is 9.58. The maximum Gasteiger partial charge on any atom is 0.115 e. The summed E-state index contributed by atoms with van der Waals surface area (Å²) in [7, 11) is 0. The van der Waals surface area contributed by atoms with Crippen LogP contribution in [0.4, 0.5) is 0 Å². The summed E-state index contributed by atoms with van der Waals surface area (Å²) < 4.78 is 0. The minimum Gasteiger partial charge on any atom is -0.508 e. The van der Waals surface area contributed by atoms with Gasteiger partial charge in [0.05, 0.1) is 0 Å². The van der Waals surface area contributed by atoms with E-state index in [0.717, 1.165) is 31.0 Å². The summed E-state index contributed by atoms with van der Waals surface area (Å²) in [5.41, 5.74) is 7.21. The number of benzene rings is 1. The van der Waals surface area contributed by atoms with E-state index in [1.807, 2.05) is 12.1 Å². The van der Waals surface area contributed by atoms with Crippen molar-refractivity contribution in [3.8, 4) is 5.75 Å². The van der Waals surface area contributed by atoms with E-state index in [4.69, 9.17) is 5.73 Å². The number of phenolic OH excluding ortho intramolecular Hbond substituents is 1. The molecule has 1 aliphatic heterocycles. The Hall–Kier alpha value is -1.06. The minimum atomic E-state index is -0.00602. The summed E-state index contributed by atoms with van der Waals surface area (Å²) in [5.74, 6) is 1.17. The van der Waals surface area contributed by atoms with E-state index in [1.54, 1.807) is 6.07 Å². The van der Waals surface area contributed by atoms with E-state index >= 15 is 0 Å². The standard InChI is InChI=1S/C16H26N2O/c1-13-6-8-18(9-7-13)16(2,12-17)11-14-4-3-5-15(19)10-14/h3-5,10,13,19H,6-9,11-12,17H2,1-2H3. The molecule has 1 aromatic rings. The van der Waals surface area contributed by atoms with Crippen molar-refractivity contribution in [2.45, 2.75) is 38.6 Å². The van der Waals surface area contributed by atoms with Gasteiger partial charge in [-0.25, -0.2) is 0 Å². The molecule has 1 aliphatic rings. The molecule has 1 atom stereocenters. The third kappa shape index (κ3) is 3.48. The molecule has 1 fully saturated rings. The van der Waals surface area contributed by atoms with Crippen LogP contribution < -0.4 is 5.73 Å². The lowest BCUT2D eigenvalue weighted by Gasteiger charge is -2.44. The van der Waals surface area contributed by atoms with Crippen molar-refractivity contribution in [1.82, 2.24) is 4.90 Å². The van der Waals surface area contributed by atoms with Crippen molar-refractivity contribution in [1.29, 1.82) is 0 Å². The van der Waals surface area contributed by atoms with Gasteiger partial charge >= 0.3 is 0 Å². The van der Waals surface area contributed by atoms with Crippen molar-refractivity contribution in [3.05, 3.63) is 29.8 Å². The fourth-order valence-corrected chi connectivity index (χ4v) is 2.97. The van der Waals surface area contributed by atoms with Gasteiger partial charge in [0.1, 0.15) is 5.75 Å². The SMILES string of the molecule is CC1CCN(C(C)(CN)Cc2cccc(O)c2)CC1. The summed E-state index contributed by atoms with van der Waals surface area (Å²) in [4.78, 5) is 2.52. The lowest BCUT2D eigenvalue weighted by Crippen LogP contribution is -2.55. The largest absolute Gasteiger partial charge is 0.508 e. The quantitative estimate of drug-likeness (QED) is 0.876. The van der Waals surface area contributed by atoms with Gasteiger partial charge in [0.25, 0.3) is 0 Å². The van der Waals surface area contributed by atoms with Crippen LogP contribution in [0.25, 0.3) is 0 Å². The second-order valence-electron chi connectivity index (χ2n) is 6.22. The lowest BCUT2D eigenvalue weighted by molar-refractivity contribution is 0.0708. The zero-order chi connectivity index (χ0) is 13.9. The van der Waals surface area contributed by atoms with Gasteiger partial charge in [-0.3, -0.25) is 4.90 Å². The third-order valence-corrected chi connectivity index (χ3v) is 4.48. The van der Waals surface area contributed by atoms with E-state index in [1.165, 1.54) is 12.8 Å². The number of hydrogen-bond donors (Lipinski definition) is 2. The molecule has 0 bridgehead atoms. The normalized spacial score (nSPS) is 21.2. The van der Waals surface area contributed by atoms with Crippen LogP contribution in [-0.2, 0) is 6.42 Å². The molecular weight excluding hydrogens is 236 g/mol. The smallest absolute Gasteiger partial charge is 0.115 e. The Bertz CT molecular complexity index is 413. The van der Waals surface area contributed by atoms with E-state index in [2.05, 4.69) is 24.8 Å². The van der Waals surface area contributed by atoms with Crippen LogP contribution in [0, 0.1) is 5.92 Å². The van der Waals surface area contributed by atoms with Gasteiger partial charge in [0.15, 0.2) is 0 Å². The van der Waals surface area contributed by atoms with Crippen molar-refractivity contribution < 1.29 is 5.11 Å². The van der Waals surface area contributed by atoms with E-state index in [0.29, 0.717) is 12.3 Å². The summed E-state index contributed by atoms with van der Waals surface area (Å²) in [6, 6.07) is 7.53. The molecule has 0 spiro atoms. The van der Waals surface area contributed by atoms with Crippen LogP contribution in [-0.4, -0.2) is 35.2 Å². The number of hydrogen-bond acceptors (Lipinski definition) is 3. The van der Waals surface area contributed by atoms with Gasteiger partial charge in [-0.15, -0.1) is 0 Å². The van der Waals surface area contributed by atoms with Crippen molar-refractivity contribution in [3.63, 3.8) is 0 Å². The first-order valence-corrected chi connectivity index (χ1v) is 7.26. The molecule has 3 N–H and O–H groups in total. The number of piperidine rings is 1. The Morgan fingerprint density at radius 3 is 2.63 bits per heavy atom. The molecule has 0 radical (unpaired) electrons. The fraction of sp³-hybridized carbons (Fsp3) is 0.625. The van der Waals surface area contributed by atoms with Crippen LogP contribution in [0.3, 0.4) is 0 Å². The topological polar surface area (TPSA) is 49.5 Å². The Labute approximate surface area is 116 Å². The van der Waals surface area contributed by atoms with Crippen LogP contribution in [0.1, 0.15) is 32.3 Å². The summed E-state index contributed by atoms with van der Waals surface area (Å²) >= 11 is 0. The van der Waals surface area contributed by atoms with E-state index < -0.39 is 0 Å². The maximum absolute atomic E-state index is 9.58. The first kappa shape index (κ1) is 14.4. The Morgan fingerprint density at radius 2 is 2.05 bits per heavy atom. The summed E-state index contributed by atoms with van der Waals surface area (Å²) in [6.07, 6.45) is 3.41. The molecule has 3 heteroatoms. The first-order chi connectivity index (χ1) is 9.03.